The van der Waals surface area contributed by atoms with Crippen molar-refractivity contribution in [2.45, 2.75) is 26.7 Å². The predicted molar refractivity (Wildman–Crippen MR) is 57.0 cm³/mol. The van der Waals surface area contributed by atoms with Crippen LogP contribution in [0.4, 0.5) is 0 Å². The molecule has 0 aliphatic heterocycles. The van der Waals surface area contributed by atoms with Crippen molar-refractivity contribution < 1.29 is 0 Å². The van der Waals surface area contributed by atoms with Gasteiger partial charge in [-0.3, -0.25) is 0 Å². The Kier molecular flexibility index (Phi) is 5.77. The van der Waals surface area contributed by atoms with Gasteiger partial charge in [0.15, 0.2) is 0 Å². The third-order valence-corrected chi connectivity index (χ3v) is 1.74. The maximum atomic E-state index is 8.56. The van der Waals surface area contributed by atoms with E-state index in [9.17, 15) is 0 Å². The van der Waals surface area contributed by atoms with Gasteiger partial charge in [0, 0.05) is 0 Å². The molecule has 0 heterocycles. The van der Waals surface area contributed by atoms with Crippen LogP contribution in [0.25, 0.3) is 0 Å². The van der Waals surface area contributed by atoms with Crippen LogP contribution in [0.5, 0.6) is 0 Å². The summed E-state index contributed by atoms with van der Waals surface area (Å²) in [6.07, 6.45) is 0. The Hall–Kier alpha value is -1.18. The summed E-state index contributed by atoms with van der Waals surface area (Å²) in [6.45, 7) is 6.54. The lowest BCUT2D eigenvalue weighted by Gasteiger charge is -2.03. The second kappa shape index (κ2) is 6.35. The van der Waals surface area contributed by atoms with Crippen LogP contribution in [-0.4, -0.2) is 7.05 Å². The van der Waals surface area contributed by atoms with E-state index in [1.807, 2.05) is 0 Å². The molecule has 0 saturated heterocycles. The van der Waals surface area contributed by atoms with E-state index >= 15 is 0 Å². The standard InChI is InChI=1S/C10H14.CH3NO/c1-8(2)10-6-4-9(3)5-7-10;1-2-3/h4-8H,1-3H3;1H3. The zero-order chi connectivity index (χ0) is 10.3. The lowest BCUT2D eigenvalue weighted by molar-refractivity contribution is 0.866. The number of benzene rings is 1. The van der Waals surface area contributed by atoms with Crippen molar-refractivity contribution in [3.05, 3.63) is 40.3 Å². The first-order valence-corrected chi connectivity index (χ1v) is 4.39. The SMILES string of the molecule is CN=O.Cc1ccc(C(C)C)cc1. The molecule has 0 aromatic heterocycles. The summed E-state index contributed by atoms with van der Waals surface area (Å²) in [4.78, 5) is 8.56. The van der Waals surface area contributed by atoms with Gasteiger partial charge in [-0.15, -0.1) is 0 Å². The van der Waals surface area contributed by atoms with E-state index in [2.05, 4.69) is 50.2 Å². The van der Waals surface area contributed by atoms with Gasteiger partial charge in [-0.1, -0.05) is 48.9 Å². The lowest BCUT2D eigenvalue weighted by Crippen LogP contribution is -1.85. The average molecular weight is 179 g/mol. The minimum absolute atomic E-state index is 0.653. The first kappa shape index (κ1) is 11.8. The second-order valence-electron chi connectivity index (χ2n) is 3.25. The van der Waals surface area contributed by atoms with Crippen molar-refractivity contribution in [1.82, 2.24) is 0 Å². The lowest BCUT2D eigenvalue weighted by atomic mass is 10.0. The summed E-state index contributed by atoms with van der Waals surface area (Å²) in [6, 6.07) is 8.71. The number of hydrogen-bond donors (Lipinski definition) is 0. The monoisotopic (exact) mass is 179 g/mol. The maximum Gasteiger partial charge on any atom is 0.0700 e. The third kappa shape index (κ3) is 5.12. The summed E-state index contributed by atoms with van der Waals surface area (Å²) >= 11 is 0. The molecule has 0 fully saturated rings. The minimum Gasteiger partial charge on any atom is -0.151 e. The van der Waals surface area contributed by atoms with Gasteiger partial charge < -0.3 is 0 Å². The minimum atomic E-state index is 0.653. The van der Waals surface area contributed by atoms with Crippen LogP contribution in [0.1, 0.15) is 30.9 Å². The van der Waals surface area contributed by atoms with Gasteiger partial charge in [0.1, 0.15) is 0 Å². The largest absolute Gasteiger partial charge is 0.151 e. The van der Waals surface area contributed by atoms with Crippen molar-refractivity contribution in [3.8, 4) is 0 Å². The highest BCUT2D eigenvalue weighted by Crippen LogP contribution is 2.13. The van der Waals surface area contributed by atoms with Crippen molar-refractivity contribution in [2.24, 2.45) is 5.18 Å². The smallest absolute Gasteiger partial charge is 0.0700 e. The Labute approximate surface area is 80.0 Å². The van der Waals surface area contributed by atoms with Crippen molar-refractivity contribution in [1.29, 1.82) is 0 Å². The van der Waals surface area contributed by atoms with Crippen molar-refractivity contribution in [3.63, 3.8) is 0 Å². The molecule has 13 heavy (non-hydrogen) atoms. The molecule has 1 rings (SSSR count). The van der Waals surface area contributed by atoms with E-state index in [-0.39, 0.29) is 0 Å². The van der Waals surface area contributed by atoms with E-state index in [0.29, 0.717) is 5.92 Å². The van der Waals surface area contributed by atoms with Crippen LogP contribution < -0.4 is 0 Å². The van der Waals surface area contributed by atoms with Crippen LogP contribution >= 0.6 is 0 Å². The molecule has 0 unspecified atom stereocenters. The molecule has 72 valence electrons. The molecule has 0 aliphatic carbocycles. The highest BCUT2D eigenvalue weighted by Gasteiger charge is 1.95. The molecule has 0 amide bonds. The summed E-state index contributed by atoms with van der Waals surface area (Å²) in [5.74, 6) is 0.653. The fourth-order valence-electron chi connectivity index (χ4n) is 0.951. The van der Waals surface area contributed by atoms with E-state index in [1.54, 1.807) is 0 Å². The molecule has 1 aromatic carbocycles. The average Bonchev–Trinajstić information content (AvgIpc) is 2.06. The zero-order valence-corrected chi connectivity index (χ0v) is 8.74. The van der Waals surface area contributed by atoms with Crippen LogP contribution in [0.3, 0.4) is 0 Å². The van der Waals surface area contributed by atoms with Gasteiger partial charge in [-0.05, 0) is 18.4 Å². The Morgan fingerprint density at radius 1 is 1.15 bits per heavy atom. The Bertz CT molecular complexity index is 239. The Balaban J connectivity index is 0.000000424. The Morgan fingerprint density at radius 2 is 1.54 bits per heavy atom. The Morgan fingerprint density at radius 3 is 1.85 bits per heavy atom. The van der Waals surface area contributed by atoms with Crippen molar-refractivity contribution in [2.75, 3.05) is 7.05 Å². The van der Waals surface area contributed by atoms with E-state index < -0.39 is 0 Å². The van der Waals surface area contributed by atoms with Gasteiger partial charge in [-0.25, -0.2) is 0 Å². The fraction of sp³-hybridized carbons (Fsp3) is 0.455. The van der Waals surface area contributed by atoms with Gasteiger partial charge >= 0.3 is 0 Å². The molecule has 0 saturated carbocycles. The van der Waals surface area contributed by atoms with Crippen LogP contribution in [0.2, 0.25) is 0 Å². The highest BCUT2D eigenvalue weighted by molar-refractivity contribution is 5.23. The van der Waals surface area contributed by atoms with Crippen LogP contribution in [0.15, 0.2) is 29.4 Å². The molecule has 0 aliphatic rings. The zero-order valence-electron chi connectivity index (χ0n) is 8.74. The topological polar surface area (TPSA) is 29.4 Å². The second-order valence-corrected chi connectivity index (χ2v) is 3.25. The third-order valence-electron chi connectivity index (χ3n) is 1.74. The van der Waals surface area contributed by atoms with E-state index in [1.165, 1.54) is 18.2 Å². The molecule has 0 spiro atoms. The van der Waals surface area contributed by atoms with E-state index in [0.717, 1.165) is 0 Å². The van der Waals surface area contributed by atoms with E-state index in [4.69, 9.17) is 4.91 Å². The molecule has 1 aromatic rings. The molecule has 2 nitrogen and oxygen atoms in total. The number of hydrogen-bond acceptors (Lipinski definition) is 2. The first-order valence-electron chi connectivity index (χ1n) is 4.39. The first-order chi connectivity index (χ1) is 6.11. The van der Waals surface area contributed by atoms with Gasteiger partial charge in [0.25, 0.3) is 0 Å². The number of nitrogens with zero attached hydrogens (tertiary/aromatic N) is 1. The molecule has 2 heteroatoms. The fourth-order valence-corrected chi connectivity index (χ4v) is 0.951. The molecule has 0 atom stereocenters. The summed E-state index contributed by atoms with van der Waals surface area (Å²) in [7, 11) is 1.19. The number of nitroso groups, excluding NO2 is 1. The summed E-state index contributed by atoms with van der Waals surface area (Å²) in [5.41, 5.74) is 2.76. The van der Waals surface area contributed by atoms with Crippen molar-refractivity contribution >= 4 is 0 Å². The normalized spacial score (nSPS) is 9.00. The van der Waals surface area contributed by atoms with Gasteiger partial charge in [0.2, 0.25) is 0 Å². The summed E-state index contributed by atoms with van der Waals surface area (Å²) in [5, 5.41) is 2.25. The highest BCUT2D eigenvalue weighted by atomic mass is 16.2. The maximum absolute atomic E-state index is 8.56. The molecular weight excluding hydrogens is 162 g/mol. The van der Waals surface area contributed by atoms with Gasteiger partial charge in [-0.2, -0.15) is 4.91 Å². The number of rotatable bonds is 1. The molecule has 0 N–H and O–H groups in total. The van der Waals surface area contributed by atoms with Crippen LogP contribution in [-0.2, 0) is 0 Å². The quantitative estimate of drug-likeness (QED) is 0.607. The molecular formula is C11H17NO. The number of aryl methyl sites for hydroxylation is 1. The van der Waals surface area contributed by atoms with Crippen LogP contribution in [0, 0.1) is 11.8 Å². The molecule has 0 radical (unpaired) electrons. The predicted octanol–water partition coefficient (Wildman–Crippen LogP) is 3.50. The van der Waals surface area contributed by atoms with Gasteiger partial charge in [0.05, 0.1) is 7.05 Å². The molecule has 0 bridgehead atoms. The summed E-state index contributed by atoms with van der Waals surface area (Å²) < 4.78 is 0.